The normalized spacial score (nSPS) is 15.7. The number of carbonyl (C=O) groups excluding carboxylic acids is 1. The minimum atomic E-state index is -0.795. The lowest BCUT2D eigenvalue weighted by Crippen LogP contribution is -2.35. The van der Waals surface area contributed by atoms with Gasteiger partial charge in [0.25, 0.3) is 0 Å². The summed E-state index contributed by atoms with van der Waals surface area (Å²) in [6, 6.07) is 6.21. The maximum absolute atomic E-state index is 12.4. The SMILES string of the molecule is COc1ccc([C@H](CC(N)=O)c2oc(CN3CCOCC3)cc(=O)c2O)cc1CO. The first kappa shape index (κ1) is 21.8. The molecule has 1 amide bonds. The van der Waals surface area contributed by atoms with Gasteiger partial charge in [0.15, 0.2) is 5.76 Å². The van der Waals surface area contributed by atoms with Crippen LogP contribution >= 0.6 is 0 Å². The molecule has 1 aliphatic rings. The van der Waals surface area contributed by atoms with Crippen molar-refractivity contribution in [2.24, 2.45) is 5.73 Å². The number of aromatic hydroxyl groups is 1. The topological polar surface area (TPSA) is 135 Å². The number of hydrogen-bond acceptors (Lipinski definition) is 8. The van der Waals surface area contributed by atoms with Crippen LogP contribution in [0.3, 0.4) is 0 Å². The van der Waals surface area contributed by atoms with Crippen molar-refractivity contribution in [2.45, 2.75) is 25.5 Å². The van der Waals surface area contributed by atoms with Crippen molar-refractivity contribution in [1.82, 2.24) is 4.90 Å². The molecule has 4 N–H and O–H groups in total. The fourth-order valence-corrected chi connectivity index (χ4v) is 3.55. The van der Waals surface area contributed by atoms with Gasteiger partial charge in [-0.3, -0.25) is 14.5 Å². The molecule has 1 aromatic carbocycles. The summed E-state index contributed by atoms with van der Waals surface area (Å²) in [5, 5.41) is 20.1. The number of rotatable bonds is 8. The molecule has 1 aromatic heterocycles. The van der Waals surface area contributed by atoms with E-state index in [1.165, 1.54) is 13.2 Å². The molecular formula is C21H26N2O7. The van der Waals surface area contributed by atoms with Crippen LogP contribution in [-0.4, -0.2) is 54.4 Å². The van der Waals surface area contributed by atoms with Crippen LogP contribution in [0.1, 0.15) is 35.0 Å². The number of aliphatic hydroxyl groups is 1. The molecule has 2 aromatic rings. The third kappa shape index (κ3) is 4.99. The number of nitrogens with zero attached hydrogens (tertiary/aromatic N) is 1. The summed E-state index contributed by atoms with van der Waals surface area (Å²) in [6.45, 7) is 2.67. The summed E-state index contributed by atoms with van der Waals surface area (Å²) in [4.78, 5) is 26.2. The Hall–Kier alpha value is -2.88. The van der Waals surface area contributed by atoms with Gasteiger partial charge in [0, 0.05) is 31.1 Å². The zero-order valence-electron chi connectivity index (χ0n) is 16.8. The molecule has 1 aliphatic heterocycles. The maximum Gasteiger partial charge on any atom is 0.227 e. The summed E-state index contributed by atoms with van der Waals surface area (Å²) in [6.07, 6.45) is -0.186. The lowest BCUT2D eigenvalue weighted by molar-refractivity contribution is -0.118. The fourth-order valence-electron chi connectivity index (χ4n) is 3.55. The number of benzene rings is 1. The average molecular weight is 418 g/mol. The van der Waals surface area contributed by atoms with Gasteiger partial charge < -0.3 is 29.8 Å². The first-order valence-corrected chi connectivity index (χ1v) is 9.65. The van der Waals surface area contributed by atoms with Crippen molar-refractivity contribution in [3.05, 3.63) is 57.1 Å². The summed E-state index contributed by atoms with van der Waals surface area (Å²) in [5.41, 5.74) is 5.89. The summed E-state index contributed by atoms with van der Waals surface area (Å²) in [5.74, 6) is -1.16. The van der Waals surface area contributed by atoms with Gasteiger partial charge in [0.05, 0.1) is 39.4 Å². The summed E-state index contributed by atoms with van der Waals surface area (Å²) >= 11 is 0. The van der Waals surface area contributed by atoms with Crippen LogP contribution in [0.25, 0.3) is 0 Å². The molecule has 1 fully saturated rings. The minimum absolute atomic E-state index is 0.0291. The highest BCUT2D eigenvalue weighted by Gasteiger charge is 2.26. The van der Waals surface area contributed by atoms with Crippen molar-refractivity contribution in [3.63, 3.8) is 0 Å². The van der Waals surface area contributed by atoms with Gasteiger partial charge in [-0.25, -0.2) is 0 Å². The molecule has 0 bridgehead atoms. The molecule has 1 saturated heterocycles. The zero-order valence-corrected chi connectivity index (χ0v) is 16.8. The number of primary amides is 1. The van der Waals surface area contributed by atoms with E-state index >= 15 is 0 Å². The first-order chi connectivity index (χ1) is 14.4. The number of ether oxygens (including phenoxy) is 2. The molecular weight excluding hydrogens is 392 g/mol. The fraction of sp³-hybridized carbons (Fsp3) is 0.429. The quantitative estimate of drug-likeness (QED) is 0.570. The van der Waals surface area contributed by atoms with Crippen molar-refractivity contribution in [1.29, 1.82) is 0 Å². The number of carbonyl (C=O) groups is 1. The molecule has 30 heavy (non-hydrogen) atoms. The second kappa shape index (κ2) is 9.75. The Kier molecular flexibility index (Phi) is 7.09. The van der Waals surface area contributed by atoms with Crippen LogP contribution < -0.4 is 15.9 Å². The second-order valence-corrected chi connectivity index (χ2v) is 7.13. The standard InChI is InChI=1S/C21H26N2O7/c1-28-18-3-2-13(8-14(18)12-24)16(10-19(22)26)21-20(27)17(25)9-15(30-21)11-23-4-6-29-7-5-23/h2-3,8-9,16,24,27H,4-7,10-12H2,1H3,(H2,22,26)/t16-/m0/s1. The van der Waals surface area contributed by atoms with Gasteiger partial charge >= 0.3 is 0 Å². The molecule has 0 unspecified atom stereocenters. The van der Waals surface area contributed by atoms with E-state index in [-0.39, 0.29) is 18.8 Å². The van der Waals surface area contributed by atoms with E-state index in [9.17, 15) is 19.8 Å². The Morgan fingerprint density at radius 1 is 1.30 bits per heavy atom. The van der Waals surface area contributed by atoms with Gasteiger partial charge in [-0.2, -0.15) is 0 Å². The summed E-state index contributed by atoms with van der Waals surface area (Å²) < 4.78 is 16.4. The van der Waals surface area contributed by atoms with Gasteiger partial charge in [-0.1, -0.05) is 6.07 Å². The minimum Gasteiger partial charge on any atom is -0.502 e. The number of morpholine rings is 1. The number of amides is 1. The maximum atomic E-state index is 12.4. The highest BCUT2D eigenvalue weighted by molar-refractivity contribution is 5.75. The number of nitrogens with two attached hydrogens (primary N) is 1. The molecule has 9 heteroatoms. The first-order valence-electron chi connectivity index (χ1n) is 9.65. The van der Waals surface area contributed by atoms with Crippen molar-refractivity contribution >= 4 is 5.91 Å². The van der Waals surface area contributed by atoms with Crippen molar-refractivity contribution < 1.29 is 28.9 Å². The second-order valence-electron chi connectivity index (χ2n) is 7.13. The third-order valence-corrected chi connectivity index (χ3v) is 5.08. The molecule has 162 valence electrons. The van der Waals surface area contributed by atoms with E-state index in [0.717, 1.165) is 0 Å². The molecule has 0 aliphatic carbocycles. The number of methoxy groups -OCH3 is 1. The smallest absolute Gasteiger partial charge is 0.227 e. The molecule has 1 atom stereocenters. The molecule has 0 radical (unpaired) electrons. The van der Waals surface area contributed by atoms with Crippen LogP contribution in [0.2, 0.25) is 0 Å². The van der Waals surface area contributed by atoms with Crippen LogP contribution in [0, 0.1) is 0 Å². The Balaban J connectivity index is 2.03. The molecule has 0 spiro atoms. The van der Waals surface area contributed by atoms with E-state index in [1.54, 1.807) is 18.2 Å². The van der Waals surface area contributed by atoms with Gasteiger partial charge in [-0.15, -0.1) is 0 Å². The van der Waals surface area contributed by atoms with E-state index in [0.29, 0.717) is 55.5 Å². The molecule has 3 rings (SSSR count). The van der Waals surface area contributed by atoms with Gasteiger partial charge in [0.2, 0.25) is 17.1 Å². The van der Waals surface area contributed by atoms with Gasteiger partial charge in [0.1, 0.15) is 11.5 Å². The van der Waals surface area contributed by atoms with Crippen LogP contribution in [-0.2, 0) is 22.7 Å². The van der Waals surface area contributed by atoms with E-state index in [2.05, 4.69) is 4.90 Å². The Morgan fingerprint density at radius 2 is 2.03 bits per heavy atom. The average Bonchev–Trinajstić information content (AvgIpc) is 2.74. The van der Waals surface area contributed by atoms with E-state index < -0.39 is 23.0 Å². The van der Waals surface area contributed by atoms with Crippen LogP contribution in [0.4, 0.5) is 0 Å². The van der Waals surface area contributed by atoms with Crippen LogP contribution in [0.15, 0.2) is 33.5 Å². The largest absolute Gasteiger partial charge is 0.502 e. The Bertz CT molecular complexity index is 951. The predicted molar refractivity (Wildman–Crippen MR) is 107 cm³/mol. The Morgan fingerprint density at radius 3 is 2.67 bits per heavy atom. The predicted octanol–water partition coefficient (Wildman–Crippen LogP) is 0.686. The van der Waals surface area contributed by atoms with Crippen molar-refractivity contribution in [3.8, 4) is 11.5 Å². The number of hydrogen-bond donors (Lipinski definition) is 3. The van der Waals surface area contributed by atoms with Crippen molar-refractivity contribution in [2.75, 3.05) is 33.4 Å². The van der Waals surface area contributed by atoms with E-state index in [1.807, 2.05) is 0 Å². The third-order valence-electron chi connectivity index (χ3n) is 5.08. The molecule has 9 nitrogen and oxygen atoms in total. The van der Waals surface area contributed by atoms with E-state index in [4.69, 9.17) is 19.6 Å². The lowest BCUT2D eigenvalue weighted by Gasteiger charge is -2.26. The zero-order chi connectivity index (χ0) is 21.7. The van der Waals surface area contributed by atoms with Crippen LogP contribution in [0.5, 0.6) is 11.5 Å². The number of aliphatic hydroxyl groups excluding tert-OH is 1. The highest BCUT2D eigenvalue weighted by atomic mass is 16.5. The lowest BCUT2D eigenvalue weighted by atomic mass is 9.90. The Labute approximate surface area is 173 Å². The molecule has 2 heterocycles. The highest BCUT2D eigenvalue weighted by Crippen LogP contribution is 2.35. The molecule has 0 saturated carbocycles. The van der Waals surface area contributed by atoms with Gasteiger partial charge in [-0.05, 0) is 17.7 Å². The summed E-state index contributed by atoms with van der Waals surface area (Å²) in [7, 11) is 1.48. The monoisotopic (exact) mass is 418 g/mol.